The van der Waals surface area contributed by atoms with Crippen molar-refractivity contribution < 1.29 is 4.79 Å². The summed E-state index contributed by atoms with van der Waals surface area (Å²) in [6, 6.07) is 0. The molecule has 0 aromatic carbocycles. The minimum Gasteiger partial charge on any atom is -0.329 e. The van der Waals surface area contributed by atoms with E-state index in [1.807, 2.05) is 11.8 Å². The smallest absolute Gasteiger partial charge is 0.249 e. The predicted molar refractivity (Wildman–Crippen MR) is 42.6 cm³/mol. The maximum atomic E-state index is 9.70. The standard InChI is InChI=1S/C3H3NO.C3H7NS/c5-3-1-2-4-3;1-2-5-3-4-1/h1-2H,(H,4,5);4H,1-3H2. The van der Waals surface area contributed by atoms with Gasteiger partial charge in [0.15, 0.2) is 0 Å². The van der Waals surface area contributed by atoms with Crippen LogP contribution in [0.2, 0.25) is 0 Å². The second-order valence-corrected chi connectivity index (χ2v) is 3.00. The zero-order chi connectivity index (χ0) is 7.23. The fourth-order valence-electron chi connectivity index (χ4n) is 0.512. The molecule has 2 N–H and O–H groups in total. The molecule has 0 spiro atoms. The van der Waals surface area contributed by atoms with Gasteiger partial charge in [0.05, 0.1) is 0 Å². The van der Waals surface area contributed by atoms with Crippen molar-refractivity contribution >= 4 is 17.7 Å². The first-order valence-electron chi connectivity index (χ1n) is 3.15. The number of rotatable bonds is 0. The number of carbonyl (C=O) groups excluding carboxylic acids is 1. The lowest BCUT2D eigenvalue weighted by molar-refractivity contribution is -0.117. The number of hydrogen-bond donors (Lipinski definition) is 2. The molecule has 4 heteroatoms. The van der Waals surface area contributed by atoms with Gasteiger partial charge in [-0.2, -0.15) is 0 Å². The molecule has 0 atom stereocenters. The summed E-state index contributed by atoms with van der Waals surface area (Å²) in [5.74, 6) is 2.48. The van der Waals surface area contributed by atoms with Crippen molar-refractivity contribution in [3.8, 4) is 0 Å². The SMILES string of the molecule is C1CSCN1.O=C1C=CN1. The molecular weight excluding hydrogens is 148 g/mol. The molecule has 2 rings (SSSR count). The molecule has 1 saturated heterocycles. The van der Waals surface area contributed by atoms with Crippen molar-refractivity contribution in [2.75, 3.05) is 18.2 Å². The van der Waals surface area contributed by atoms with Crippen molar-refractivity contribution in [2.45, 2.75) is 0 Å². The quantitative estimate of drug-likeness (QED) is 0.517. The second kappa shape index (κ2) is 4.35. The maximum Gasteiger partial charge on any atom is 0.249 e. The summed E-state index contributed by atoms with van der Waals surface area (Å²) in [6.07, 6.45) is 3.07. The summed E-state index contributed by atoms with van der Waals surface area (Å²) < 4.78 is 0. The Balaban J connectivity index is 0.0000001000. The molecule has 0 radical (unpaired) electrons. The molecule has 0 aliphatic carbocycles. The predicted octanol–water partition coefficient (Wildman–Crippen LogP) is -0.0898. The minimum atomic E-state index is 0.00463. The number of amides is 1. The number of thioether (sulfide) groups is 1. The maximum absolute atomic E-state index is 9.70. The Bertz CT molecular complexity index is 135. The molecular formula is C6H10N2OS. The second-order valence-electron chi connectivity index (χ2n) is 1.89. The molecule has 1 fully saturated rings. The summed E-state index contributed by atoms with van der Waals surface area (Å²) in [7, 11) is 0. The van der Waals surface area contributed by atoms with E-state index < -0.39 is 0 Å². The van der Waals surface area contributed by atoms with Gasteiger partial charge in [0.25, 0.3) is 0 Å². The molecule has 56 valence electrons. The molecule has 3 nitrogen and oxygen atoms in total. The van der Waals surface area contributed by atoms with Gasteiger partial charge >= 0.3 is 0 Å². The Morgan fingerprint density at radius 1 is 1.60 bits per heavy atom. The molecule has 1 amide bonds. The van der Waals surface area contributed by atoms with Crippen molar-refractivity contribution in [1.82, 2.24) is 10.6 Å². The average Bonchev–Trinajstić information content (AvgIpc) is 2.38. The van der Waals surface area contributed by atoms with E-state index in [0.29, 0.717) is 0 Å². The number of hydrogen-bond acceptors (Lipinski definition) is 3. The van der Waals surface area contributed by atoms with Gasteiger partial charge in [-0.25, -0.2) is 0 Å². The van der Waals surface area contributed by atoms with Crippen LogP contribution in [-0.4, -0.2) is 24.1 Å². The lowest BCUT2D eigenvalue weighted by Gasteiger charge is -1.97. The lowest BCUT2D eigenvalue weighted by Crippen LogP contribution is -2.22. The summed E-state index contributed by atoms with van der Waals surface area (Å²) in [5.41, 5.74) is 0. The molecule has 2 aliphatic heterocycles. The molecule has 2 aliphatic rings. The number of carbonyl (C=O) groups is 1. The van der Waals surface area contributed by atoms with Crippen LogP contribution < -0.4 is 10.6 Å². The first kappa shape index (κ1) is 7.63. The van der Waals surface area contributed by atoms with Gasteiger partial charge in [-0.05, 0) is 0 Å². The summed E-state index contributed by atoms with van der Waals surface area (Å²) >= 11 is 1.96. The first-order chi connectivity index (χ1) is 4.89. The van der Waals surface area contributed by atoms with Gasteiger partial charge in [0.2, 0.25) is 5.91 Å². The van der Waals surface area contributed by atoms with Gasteiger partial charge in [0, 0.05) is 30.5 Å². The van der Waals surface area contributed by atoms with E-state index in [0.717, 1.165) is 0 Å². The Hall–Kier alpha value is -0.480. The molecule has 10 heavy (non-hydrogen) atoms. The van der Waals surface area contributed by atoms with Gasteiger partial charge in [0.1, 0.15) is 0 Å². The normalized spacial score (nSPS) is 20.6. The zero-order valence-corrected chi connectivity index (χ0v) is 6.41. The molecule has 2 heterocycles. The minimum absolute atomic E-state index is 0.00463. The van der Waals surface area contributed by atoms with Crippen LogP contribution in [0.25, 0.3) is 0 Å². The molecule has 0 saturated carbocycles. The van der Waals surface area contributed by atoms with Crippen LogP contribution in [0.4, 0.5) is 0 Å². The monoisotopic (exact) mass is 158 g/mol. The van der Waals surface area contributed by atoms with Crippen LogP contribution in [0.15, 0.2) is 12.3 Å². The summed E-state index contributed by atoms with van der Waals surface area (Å²) in [6.45, 7) is 1.21. The highest BCUT2D eigenvalue weighted by atomic mass is 32.2. The van der Waals surface area contributed by atoms with E-state index in [4.69, 9.17) is 0 Å². The Morgan fingerprint density at radius 3 is 2.40 bits per heavy atom. The van der Waals surface area contributed by atoms with Crippen LogP contribution in [0.1, 0.15) is 0 Å². The highest BCUT2D eigenvalue weighted by Crippen LogP contribution is 1.99. The molecule has 0 bridgehead atoms. The highest BCUT2D eigenvalue weighted by molar-refractivity contribution is 7.99. The Labute approximate surface area is 64.3 Å². The van der Waals surface area contributed by atoms with Crippen molar-refractivity contribution in [1.29, 1.82) is 0 Å². The first-order valence-corrected chi connectivity index (χ1v) is 4.30. The number of nitrogens with one attached hydrogen (secondary N) is 2. The third kappa shape index (κ3) is 2.89. The van der Waals surface area contributed by atoms with Crippen LogP contribution in [0, 0.1) is 0 Å². The zero-order valence-electron chi connectivity index (χ0n) is 5.59. The Morgan fingerprint density at radius 2 is 2.30 bits per heavy atom. The molecule has 0 aromatic rings. The fourth-order valence-corrected chi connectivity index (χ4v) is 1.23. The van der Waals surface area contributed by atoms with Crippen molar-refractivity contribution in [2.24, 2.45) is 0 Å². The van der Waals surface area contributed by atoms with E-state index in [1.165, 1.54) is 24.3 Å². The largest absolute Gasteiger partial charge is 0.329 e. The van der Waals surface area contributed by atoms with Gasteiger partial charge < -0.3 is 10.6 Å². The van der Waals surface area contributed by atoms with Crippen LogP contribution in [-0.2, 0) is 4.79 Å². The summed E-state index contributed by atoms with van der Waals surface area (Å²) in [4.78, 5) is 9.70. The van der Waals surface area contributed by atoms with Gasteiger partial charge in [-0.3, -0.25) is 4.79 Å². The summed E-state index contributed by atoms with van der Waals surface area (Å²) in [5, 5.41) is 5.57. The molecule has 0 unspecified atom stereocenters. The third-order valence-corrected chi connectivity index (χ3v) is 1.99. The van der Waals surface area contributed by atoms with E-state index in [1.54, 1.807) is 6.20 Å². The van der Waals surface area contributed by atoms with E-state index in [2.05, 4.69) is 10.6 Å². The average molecular weight is 158 g/mol. The highest BCUT2D eigenvalue weighted by Gasteiger charge is 1.95. The van der Waals surface area contributed by atoms with Crippen molar-refractivity contribution in [3.63, 3.8) is 0 Å². The van der Waals surface area contributed by atoms with Crippen LogP contribution in [0.5, 0.6) is 0 Å². The van der Waals surface area contributed by atoms with Gasteiger partial charge in [-0.1, -0.05) is 0 Å². The van der Waals surface area contributed by atoms with Gasteiger partial charge in [-0.15, -0.1) is 11.8 Å². The van der Waals surface area contributed by atoms with E-state index in [9.17, 15) is 4.79 Å². The van der Waals surface area contributed by atoms with E-state index >= 15 is 0 Å². The topological polar surface area (TPSA) is 41.1 Å². The third-order valence-electron chi connectivity index (χ3n) is 1.09. The van der Waals surface area contributed by atoms with Crippen LogP contribution >= 0.6 is 11.8 Å². The van der Waals surface area contributed by atoms with Crippen molar-refractivity contribution in [3.05, 3.63) is 12.3 Å². The van der Waals surface area contributed by atoms with Crippen LogP contribution in [0.3, 0.4) is 0 Å². The molecule has 0 aromatic heterocycles. The van der Waals surface area contributed by atoms with E-state index in [-0.39, 0.29) is 5.91 Å². The fraction of sp³-hybridized carbons (Fsp3) is 0.500. The Kier molecular flexibility index (Phi) is 3.32. The lowest BCUT2D eigenvalue weighted by atomic mass is 10.4.